The molecule has 0 amide bonds. The zero-order valence-corrected chi connectivity index (χ0v) is 30.9. The Morgan fingerprint density at radius 3 is 1.62 bits per heavy atom. The summed E-state index contributed by atoms with van der Waals surface area (Å²) in [6.07, 6.45) is 0. The summed E-state index contributed by atoms with van der Waals surface area (Å²) in [6, 6.07) is 0. The predicted octanol–water partition coefficient (Wildman–Crippen LogP) is -10.1. The van der Waals surface area contributed by atoms with Gasteiger partial charge in [-0.05, 0) is 0 Å². The maximum absolute atomic E-state index is 2.61. The van der Waals surface area contributed by atoms with E-state index in [1.165, 1.54) is 0 Å². The van der Waals surface area contributed by atoms with Gasteiger partial charge in [0.2, 0.25) is 0 Å². The number of rotatable bonds is 2. The summed E-state index contributed by atoms with van der Waals surface area (Å²) < 4.78 is 5.23. The SMILES string of the molecule is [Cl-].[Cl-].[Zr+2]([C]1=[Sb][Sb]=[Sb][SbH]1)[C]1=[Sb][Sb]=[Sb][SbH]1. The van der Waals surface area contributed by atoms with Gasteiger partial charge in [-0.2, -0.15) is 0 Å². The van der Waals surface area contributed by atoms with Crippen LogP contribution in [-0.4, -0.2) is 118 Å². The average Bonchev–Trinajstić information content (AvgIpc) is 2.60. The van der Waals surface area contributed by atoms with Gasteiger partial charge < -0.3 is 24.8 Å². The quantitative estimate of drug-likeness (QED) is 0.242. The van der Waals surface area contributed by atoms with E-state index < -0.39 is 0 Å². The molecule has 0 saturated carbocycles. The minimum atomic E-state index is 0. The average molecular weight is 1160 g/mol. The Labute approximate surface area is 159 Å². The summed E-state index contributed by atoms with van der Waals surface area (Å²) in [6.45, 7) is 0. The molecule has 11 heteroatoms. The van der Waals surface area contributed by atoms with E-state index in [0.29, 0.717) is 92.2 Å². The fourth-order valence-corrected chi connectivity index (χ4v) is 680. The zero-order chi connectivity index (χ0) is 7.52. The van der Waals surface area contributed by atoms with Crippen LogP contribution in [0.15, 0.2) is 0 Å². The van der Waals surface area contributed by atoms with Crippen LogP contribution in [0.25, 0.3) is 0 Å². The number of halogens is 2. The van der Waals surface area contributed by atoms with Crippen LogP contribution in [0, 0.1) is 0 Å². The summed E-state index contributed by atoms with van der Waals surface area (Å²) in [5.41, 5.74) is 0. The second-order valence-corrected chi connectivity index (χ2v) is 163. The Bertz CT molecular complexity index is 254. The van der Waals surface area contributed by atoms with Crippen molar-refractivity contribution in [1.82, 2.24) is 0 Å². The van der Waals surface area contributed by atoms with Gasteiger partial charge in [0.15, 0.2) is 0 Å². The second kappa shape index (κ2) is 13.4. The third-order valence-electron chi connectivity index (χ3n) is 0.927. The van der Waals surface area contributed by atoms with Crippen LogP contribution in [0.5, 0.6) is 0 Å². The Morgan fingerprint density at radius 2 is 1.31 bits per heavy atom. The molecule has 0 radical (unpaired) electrons. The van der Waals surface area contributed by atoms with Crippen LogP contribution in [-0.2, 0) is 23.2 Å². The van der Waals surface area contributed by atoms with E-state index >= 15 is 0 Å². The minimum absolute atomic E-state index is 0. The molecule has 0 N–H and O–H groups in total. The molecule has 0 saturated heterocycles. The fourth-order valence-electron chi connectivity index (χ4n) is 0.536. The molecule has 0 aromatic heterocycles. The summed E-state index contributed by atoms with van der Waals surface area (Å²) in [5.74, 6) is 0. The van der Waals surface area contributed by atoms with Gasteiger partial charge in [0.25, 0.3) is 0 Å². The van der Waals surface area contributed by atoms with Gasteiger partial charge in [-0.1, -0.05) is 0 Å². The molecule has 0 aliphatic carbocycles. The molecular formula is C2H2Cl2Sb8Zr. The molecule has 0 nitrogen and oxygen atoms in total. The van der Waals surface area contributed by atoms with E-state index in [9.17, 15) is 0 Å². The van der Waals surface area contributed by atoms with E-state index in [1.807, 2.05) is 0 Å². The second-order valence-electron chi connectivity index (χ2n) is 1.62. The summed E-state index contributed by atoms with van der Waals surface area (Å²) in [4.78, 5) is 0. The van der Waals surface area contributed by atoms with Gasteiger partial charge in [-0.25, -0.2) is 0 Å². The van der Waals surface area contributed by atoms with E-state index in [-0.39, 0.29) is 24.8 Å². The van der Waals surface area contributed by atoms with Crippen LogP contribution in [0.2, 0.25) is 0 Å². The van der Waals surface area contributed by atoms with Crippen LogP contribution >= 0.6 is 0 Å². The van der Waals surface area contributed by atoms with Crippen molar-refractivity contribution in [2.45, 2.75) is 0 Å². The Hall–Kier alpha value is 7.75. The van der Waals surface area contributed by atoms with Crippen molar-refractivity contribution in [2.24, 2.45) is 0 Å². The van der Waals surface area contributed by atoms with Crippen LogP contribution < -0.4 is 24.8 Å². The molecule has 2 rings (SSSR count). The van der Waals surface area contributed by atoms with Gasteiger partial charge in [-0.15, -0.1) is 0 Å². The van der Waals surface area contributed by atoms with Gasteiger partial charge in [0.1, 0.15) is 0 Å². The first-order valence-electron chi connectivity index (χ1n) is 2.69. The van der Waals surface area contributed by atoms with Gasteiger partial charge in [-0.3, -0.25) is 0 Å². The standard InChI is InChI=1S/2C.2ClH.8Sb.Zr.2H/h;;2*1H;;;;;;;;;;;/q;;;;;;;;;;;;+2;;/p-2. The third kappa shape index (κ3) is 9.38. The van der Waals surface area contributed by atoms with E-state index in [4.69, 9.17) is 0 Å². The van der Waals surface area contributed by atoms with Crippen molar-refractivity contribution in [3.05, 3.63) is 0 Å². The molecule has 0 aromatic carbocycles. The summed E-state index contributed by atoms with van der Waals surface area (Å²) in [7, 11) is 0. The monoisotopic (exact) mass is 1150 g/mol. The van der Waals surface area contributed by atoms with E-state index in [2.05, 4.69) is -1.80 Å². The van der Waals surface area contributed by atoms with E-state index in [1.54, 1.807) is 0 Å². The maximum atomic E-state index is 2.61. The fraction of sp³-hybridized carbons (Fsp3) is 0. The first kappa shape index (κ1) is 20.7. The molecule has 0 spiro atoms. The van der Waals surface area contributed by atoms with Crippen molar-refractivity contribution >= 4 is 118 Å². The Kier molecular flexibility index (Phi) is 21.4. The van der Waals surface area contributed by atoms with Crippen LogP contribution in [0.1, 0.15) is 0 Å². The van der Waals surface area contributed by atoms with Crippen molar-refractivity contribution in [2.75, 3.05) is 0 Å². The molecule has 2 aliphatic rings. The molecular weight excluding hydrogens is 1160 g/mol. The van der Waals surface area contributed by atoms with Gasteiger partial charge in [0, 0.05) is 0 Å². The van der Waals surface area contributed by atoms with Crippen molar-refractivity contribution in [1.29, 1.82) is 0 Å². The molecule has 0 bridgehead atoms. The summed E-state index contributed by atoms with van der Waals surface area (Å²) in [5, 5.41) is 0. The topological polar surface area (TPSA) is 0 Å². The van der Waals surface area contributed by atoms with Crippen molar-refractivity contribution in [3.63, 3.8) is 0 Å². The van der Waals surface area contributed by atoms with Gasteiger partial charge in [0.05, 0.1) is 0 Å². The first-order valence-corrected chi connectivity index (χ1v) is 65.4. The van der Waals surface area contributed by atoms with Crippen molar-refractivity contribution < 1.29 is 48.0 Å². The number of hydrogen-bond donors (Lipinski definition) is 0. The first-order chi connectivity index (χ1) is 5.45. The van der Waals surface area contributed by atoms with Gasteiger partial charge >= 0.3 is 141 Å². The zero-order valence-electron chi connectivity index (χ0n) is 5.94. The molecule has 0 unspecified atom stereocenters. The Balaban J connectivity index is 0.000000720. The summed E-state index contributed by atoms with van der Waals surface area (Å²) >= 11 is 5.96. The Morgan fingerprint density at radius 1 is 0.846 bits per heavy atom. The van der Waals surface area contributed by atoms with E-state index in [0.717, 1.165) is 50.8 Å². The molecule has 2 heterocycles. The molecule has 0 atom stereocenters. The molecule has 0 aromatic rings. The third-order valence-corrected chi connectivity index (χ3v) is 364. The molecule has 13 heavy (non-hydrogen) atoms. The molecule has 2 aliphatic heterocycles. The number of hydrogen-bond acceptors (Lipinski definition) is 0. The molecule has 68 valence electrons. The van der Waals surface area contributed by atoms with Crippen LogP contribution in [0.4, 0.5) is 0 Å². The van der Waals surface area contributed by atoms with Crippen molar-refractivity contribution in [3.8, 4) is 0 Å². The predicted molar refractivity (Wildman–Crippen MR) is 58.8 cm³/mol. The molecule has 0 fully saturated rings. The van der Waals surface area contributed by atoms with Crippen LogP contribution in [0.3, 0.4) is 0 Å². The normalized spacial score (nSPS) is 16.9.